The molecule has 0 aliphatic rings. The van der Waals surface area contributed by atoms with Crippen LogP contribution in [0.4, 0.5) is 9.18 Å². The lowest BCUT2D eigenvalue weighted by molar-refractivity contribution is 0.0956. The fraction of sp³-hybridized carbons (Fsp3) is 0.125. The second kappa shape index (κ2) is 7.61. The summed E-state index contributed by atoms with van der Waals surface area (Å²) in [6.07, 6.45) is 0. The van der Waals surface area contributed by atoms with Crippen LogP contribution in [0.3, 0.4) is 0 Å². The minimum absolute atomic E-state index is 0.0766. The third-order valence-corrected chi connectivity index (χ3v) is 3.68. The zero-order chi connectivity index (χ0) is 15.9. The van der Waals surface area contributed by atoms with E-state index in [-0.39, 0.29) is 18.4 Å². The van der Waals surface area contributed by atoms with E-state index >= 15 is 0 Å². The van der Waals surface area contributed by atoms with Crippen LogP contribution in [-0.4, -0.2) is 30.3 Å². The van der Waals surface area contributed by atoms with Gasteiger partial charge in [-0.25, -0.2) is 9.18 Å². The molecule has 2 amide bonds. The lowest BCUT2D eigenvalue weighted by atomic mass is 10.1. The zero-order valence-corrected chi connectivity index (χ0v) is 12.8. The number of amides is 2. The van der Waals surface area contributed by atoms with Crippen molar-refractivity contribution < 1.29 is 14.0 Å². The van der Waals surface area contributed by atoms with Crippen LogP contribution in [0.25, 0.3) is 0 Å². The van der Waals surface area contributed by atoms with E-state index in [1.165, 1.54) is 48.2 Å². The SMILES string of the molecule is CN(CC(=O)c1ccc(F)cc1)C(=O)NSc1ccccc1. The number of urea groups is 1. The van der Waals surface area contributed by atoms with Crippen molar-refractivity contribution in [2.24, 2.45) is 0 Å². The summed E-state index contributed by atoms with van der Waals surface area (Å²) in [5, 5.41) is 0. The van der Waals surface area contributed by atoms with Crippen LogP contribution in [0, 0.1) is 5.82 Å². The highest BCUT2D eigenvalue weighted by molar-refractivity contribution is 7.98. The molecule has 0 spiro atoms. The summed E-state index contributed by atoms with van der Waals surface area (Å²) >= 11 is 1.18. The van der Waals surface area contributed by atoms with Gasteiger partial charge in [0.25, 0.3) is 0 Å². The number of hydrogen-bond acceptors (Lipinski definition) is 3. The molecule has 0 aromatic heterocycles. The summed E-state index contributed by atoms with van der Waals surface area (Å²) in [5.74, 6) is -0.649. The Balaban J connectivity index is 1.85. The van der Waals surface area contributed by atoms with Crippen molar-refractivity contribution in [2.45, 2.75) is 4.90 Å². The Hall–Kier alpha value is -2.34. The monoisotopic (exact) mass is 318 g/mol. The van der Waals surface area contributed by atoms with Gasteiger partial charge in [0.15, 0.2) is 5.78 Å². The third kappa shape index (κ3) is 4.60. The van der Waals surface area contributed by atoms with Gasteiger partial charge in [0.1, 0.15) is 5.82 Å². The first kappa shape index (κ1) is 16.0. The Morgan fingerprint density at radius 1 is 1.09 bits per heavy atom. The van der Waals surface area contributed by atoms with Gasteiger partial charge < -0.3 is 4.90 Å². The smallest absolute Gasteiger partial charge is 0.319 e. The molecule has 4 nitrogen and oxygen atoms in total. The molecule has 114 valence electrons. The summed E-state index contributed by atoms with van der Waals surface area (Å²) in [7, 11) is 1.53. The molecule has 2 aromatic rings. The van der Waals surface area contributed by atoms with Crippen molar-refractivity contribution >= 4 is 23.8 Å². The molecule has 0 atom stereocenters. The topological polar surface area (TPSA) is 49.4 Å². The quantitative estimate of drug-likeness (QED) is 0.679. The van der Waals surface area contributed by atoms with Crippen LogP contribution in [0.5, 0.6) is 0 Å². The average molecular weight is 318 g/mol. The number of ketones is 1. The Labute approximate surface area is 132 Å². The van der Waals surface area contributed by atoms with Gasteiger partial charge in [-0.2, -0.15) is 0 Å². The maximum Gasteiger partial charge on any atom is 0.327 e. The van der Waals surface area contributed by atoms with Crippen LogP contribution in [-0.2, 0) is 0 Å². The Bertz CT molecular complexity index is 647. The van der Waals surface area contributed by atoms with E-state index in [9.17, 15) is 14.0 Å². The van der Waals surface area contributed by atoms with Gasteiger partial charge in [-0.1, -0.05) is 18.2 Å². The molecule has 22 heavy (non-hydrogen) atoms. The molecule has 0 saturated carbocycles. The number of carbonyl (C=O) groups excluding carboxylic acids is 2. The fourth-order valence-corrected chi connectivity index (χ4v) is 2.34. The Morgan fingerprint density at radius 2 is 1.73 bits per heavy atom. The molecule has 0 aliphatic carbocycles. The predicted molar refractivity (Wildman–Crippen MR) is 84.2 cm³/mol. The summed E-state index contributed by atoms with van der Waals surface area (Å²) in [4.78, 5) is 26.1. The first-order chi connectivity index (χ1) is 10.6. The van der Waals surface area contributed by atoms with Crippen molar-refractivity contribution in [3.8, 4) is 0 Å². The molecule has 1 N–H and O–H groups in total. The molecular weight excluding hydrogens is 303 g/mol. The number of Topliss-reactive ketones (excluding diaryl/α,β-unsaturated/α-hetero) is 1. The zero-order valence-electron chi connectivity index (χ0n) is 12.0. The van der Waals surface area contributed by atoms with Crippen molar-refractivity contribution in [3.63, 3.8) is 0 Å². The van der Waals surface area contributed by atoms with Crippen LogP contribution >= 0.6 is 11.9 Å². The molecule has 6 heteroatoms. The molecule has 2 aromatic carbocycles. The lowest BCUT2D eigenvalue weighted by Crippen LogP contribution is -2.37. The number of hydrogen-bond donors (Lipinski definition) is 1. The highest BCUT2D eigenvalue weighted by atomic mass is 32.2. The number of rotatable bonds is 5. The average Bonchev–Trinajstić information content (AvgIpc) is 2.54. The fourth-order valence-electron chi connectivity index (χ4n) is 1.68. The molecular formula is C16H15FN2O2S. The molecule has 0 bridgehead atoms. The molecule has 0 fully saturated rings. The molecule has 0 heterocycles. The number of halogens is 1. The van der Waals surface area contributed by atoms with Gasteiger partial charge >= 0.3 is 6.03 Å². The van der Waals surface area contributed by atoms with Gasteiger partial charge in [0.2, 0.25) is 0 Å². The minimum Gasteiger partial charge on any atom is -0.319 e. The number of likely N-dealkylation sites (N-methyl/N-ethyl adjacent to an activating group) is 1. The second-order valence-corrected chi connectivity index (χ2v) is 5.49. The van der Waals surface area contributed by atoms with E-state index in [1.54, 1.807) is 0 Å². The largest absolute Gasteiger partial charge is 0.327 e. The number of nitrogens with one attached hydrogen (secondary N) is 1. The van der Waals surface area contributed by atoms with Gasteiger partial charge in [-0.3, -0.25) is 9.52 Å². The van der Waals surface area contributed by atoms with Crippen molar-refractivity contribution in [1.82, 2.24) is 9.62 Å². The molecule has 0 unspecified atom stereocenters. The highest BCUT2D eigenvalue weighted by Gasteiger charge is 2.14. The molecule has 2 rings (SSSR count). The van der Waals surface area contributed by atoms with Crippen LogP contribution in [0.2, 0.25) is 0 Å². The summed E-state index contributed by atoms with van der Waals surface area (Å²) in [6.45, 7) is -0.0766. The first-order valence-corrected chi connectivity index (χ1v) is 7.39. The maximum absolute atomic E-state index is 12.8. The lowest BCUT2D eigenvalue weighted by Gasteiger charge is -2.16. The van der Waals surface area contributed by atoms with E-state index in [1.807, 2.05) is 30.3 Å². The van der Waals surface area contributed by atoms with E-state index in [2.05, 4.69) is 4.72 Å². The van der Waals surface area contributed by atoms with Gasteiger partial charge in [0.05, 0.1) is 6.54 Å². The maximum atomic E-state index is 12.8. The standard InChI is InChI=1S/C16H15FN2O2S/c1-19(11-15(20)12-7-9-13(17)10-8-12)16(21)18-22-14-5-3-2-4-6-14/h2-10H,11H2,1H3,(H,18,21). The minimum atomic E-state index is -0.401. The van der Waals surface area contributed by atoms with E-state index in [0.717, 1.165) is 4.90 Å². The van der Waals surface area contributed by atoms with E-state index in [0.29, 0.717) is 5.56 Å². The van der Waals surface area contributed by atoms with Crippen molar-refractivity contribution in [2.75, 3.05) is 13.6 Å². The normalized spacial score (nSPS) is 10.1. The Kier molecular flexibility index (Phi) is 5.55. The Morgan fingerprint density at radius 3 is 2.36 bits per heavy atom. The van der Waals surface area contributed by atoms with Crippen LogP contribution in [0.15, 0.2) is 59.5 Å². The van der Waals surface area contributed by atoms with Crippen molar-refractivity contribution in [3.05, 3.63) is 66.0 Å². The van der Waals surface area contributed by atoms with E-state index in [4.69, 9.17) is 0 Å². The number of benzene rings is 2. The van der Waals surface area contributed by atoms with Gasteiger partial charge in [0, 0.05) is 17.5 Å². The molecule has 0 saturated heterocycles. The number of carbonyl (C=O) groups is 2. The van der Waals surface area contributed by atoms with Gasteiger partial charge in [-0.05, 0) is 48.3 Å². The molecule has 0 aliphatic heterocycles. The van der Waals surface area contributed by atoms with Crippen LogP contribution < -0.4 is 4.72 Å². The first-order valence-electron chi connectivity index (χ1n) is 6.58. The van der Waals surface area contributed by atoms with Crippen LogP contribution in [0.1, 0.15) is 10.4 Å². The van der Waals surface area contributed by atoms with Gasteiger partial charge in [-0.15, -0.1) is 0 Å². The summed E-state index contributed by atoms with van der Waals surface area (Å²) in [5.41, 5.74) is 0.372. The second-order valence-electron chi connectivity index (χ2n) is 4.61. The number of nitrogens with zero attached hydrogens (tertiary/aromatic N) is 1. The summed E-state index contributed by atoms with van der Waals surface area (Å²) in [6, 6.07) is 14.3. The molecule has 0 radical (unpaired) electrons. The third-order valence-electron chi connectivity index (χ3n) is 2.89. The van der Waals surface area contributed by atoms with E-state index < -0.39 is 5.82 Å². The summed E-state index contributed by atoms with van der Waals surface area (Å²) < 4.78 is 15.5. The highest BCUT2D eigenvalue weighted by Crippen LogP contribution is 2.13. The predicted octanol–water partition coefficient (Wildman–Crippen LogP) is 3.36. The van der Waals surface area contributed by atoms with Crippen molar-refractivity contribution in [1.29, 1.82) is 0 Å².